The second-order valence-electron chi connectivity index (χ2n) is 5.58. The number of nitrogens with zero attached hydrogens (tertiary/aromatic N) is 5. The van der Waals surface area contributed by atoms with Crippen LogP contribution in [0.1, 0.15) is 0 Å². The van der Waals surface area contributed by atoms with E-state index in [9.17, 15) is 0 Å². The van der Waals surface area contributed by atoms with Gasteiger partial charge in [0.05, 0.1) is 37.6 Å². The molecule has 0 bridgehead atoms. The first-order valence-corrected chi connectivity index (χ1v) is 9.32. The Morgan fingerprint density at radius 2 is 2.00 bits per heavy atom. The van der Waals surface area contributed by atoms with Crippen molar-refractivity contribution in [3.63, 3.8) is 0 Å². The van der Waals surface area contributed by atoms with Crippen molar-refractivity contribution in [3.05, 3.63) is 10.7 Å². The van der Waals surface area contributed by atoms with Crippen LogP contribution in [0.15, 0.2) is 15.7 Å². The lowest BCUT2D eigenvalue weighted by Gasteiger charge is -2.36. The van der Waals surface area contributed by atoms with Crippen LogP contribution in [-0.2, 0) is 9.47 Å². The third-order valence-corrected chi connectivity index (χ3v) is 4.47. The second kappa shape index (κ2) is 11.1. The highest BCUT2D eigenvalue weighted by Crippen LogP contribution is 2.23. The van der Waals surface area contributed by atoms with Crippen LogP contribution in [0.25, 0.3) is 0 Å². The third kappa shape index (κ3) is 5.96. The Morgan fingerprint density at radius 3 is 2.65 bits per heavy atom. The zero-order chi connectivity index (χ0) is 18.8. The number of nitrogens with one attached hydrogen (secondary N) is 1. The highest BCUT2D eigenvalue weighted by Gasteiger charge is 2.22. The zero-order valence-corrected chi connectivity index (χ0v) is 17.2. The fraction of sp³-hybridized carbons (Fsp3) is 0.688. The van der Waals surface area contributed by atoms with Crippen LogP contribution in [0.3, 0.4) is 0 Å². The quantitative estimate of drug-likeness (QED) is 0.364. The molecule has 0 spiro atoms. The van der Waals surface area contributed by atoms with Gasteiger partial charge >= 0.3 is 0 Å². The molecular weight excluding hydrogens is 404 g/mol. The second-order valence-corrected chi connectivity index (χ2v) is 6.43. The van der Waals surface area contributed by atoms with E-state index in [-0.39, 0.29) is 0 Å². The van der Waals surface area contributed by atoms with Gasteiger partial charge in [-0.1, -0.05) is 0 Å². The van der Waals surface area contributed by atoms with Crippen molar-refractivity contribution in [2.24, 2.45) is 4.99 Å². The van der Waals surface area contributed by atoms with Gasteiger partial charge in [-0.3, -0.25) is 4.99 Å². The van der Waals surface area contributed by atoms with Crippen LogP contribution >= 0.6 is 15.9 Å². The molecule has 9 nitrogen and oxygen atoms in total. The molecule has 2 rings (SSSR count). The first kappa shape index (κ1) is 20.7. The van der Waals surface area contributed by atoms with Crippen LogP contribution in [-0.4, -0.2) is 94.6 Å². The molecule has 1 aromatic rings. The lowest BCUT2D eigenvalue weighted by atomic mass is 10.3. The lowest BCUT2D eigenvalue weighted by molar-refractivity contribution is 0.0731. The van der Waals surface area contributed by atoms with Gasteiger partial charge in [0.15, 0.2) is 5.96 Å². The SMILES string of the molecule is CN=C(NCCOCCOC)N1CCN(c2ncc(Br)c(OC)n2)CC1. The number of halogens is 1. The van der Waals surface area contributed by atoms with E-state index in [4.69, 9.17) is 14.2 Å². The average Bonchev–Trinajstić information content (AvgIpc) is 2.68. The van der Waals surface area contributed by atoms with E-state index in [0.717, 1.165) is 36.6 Å². The molecule has 0 aromatic carbocycles. The molecule has 0 radical (unpaired) electrons. The summed E-state index contributed by atoms with van der Waals surface area (Å²) >= 11 is 3.38. The van der Waals surface area contributed by atoms with Crippen LogP contribution in [0.2, 0.25) is 0 Å². The van der Waals surface area contributed by atoms with Crippen LogP contribution in [0.5, 0.6) is 5.88 Å². The van der Waals surface area contributed by atoms with E-state index >= 15 is 0 Å². The monoisotopic (exact) mass is 430 g/mol. The van der Waals surface area contributed by atoms with E-state index in [1.165, 1.54) is 0 Å². The van der Waals surface area contributed by atoms with Crippen molar-refractivity contribution in [1.82, 2.24) is 20.2 Å². The molecule has 26 heavy (non-hydrogen) atoms. The fourth-order valence-corrected chi connectivity index (χ4v) is 2.92. The maximum atomic E-state index is 5.46. The number of ether oxygens (including phenoxy) is 3. The molecule has 1 aliphatic rings. The van der Waals surface area contributed by atoms with Gasteiger partial charge in [0.2, 0.25) is 11.8 Å². The first-order valence-electron chi connectivity index (χ1n) is 8.53. The van der Waals surface area contributed by atoms with Gasteiger partial charge in [-0.15, -0.1) is 0 Å². The molecule has 2 heterocycles. The van der Waals surface area contributed by atoms with Gasteiger partial charge in [0.1, 0.15) is 0 Å². The zero-order valence-electron chi connectivity index (χ0n) is 15.6. The summed E-state index contributed by atoms with van der Waals surface area (Å²) in [6.07, 6.45) is 1.72. The summed E-state index contributed by atoms with van der Waals surface area (Å²) in [4.78, 5) is 17.6. The van der Waals surface area contributed by atoms with Crippen molar-refractivity contribution in [1.29, 1.82) is 0 Å². The van der Waals surface area contributed by atoms with Gasteiger partial charge in [0, 0.05) is 46.9 Å². The number of piperazine rings is 1. The Balaban J connectivity index is 1.79. The Kier molecular flexibility index (Phi) is 8.86. The van der Waals surface area contributed by atoms with E-state index in [2.05, 4.69) is 46.0 Å². The van der Waals surface area contributed by atoms with Gasteiger partial charge in [-0.2, -0.15) is 4.98 Å². The fourth-order valence-electron chi connectivity index (χ4n) is 2.57. The average molecular weight is 431 g/mol. The normalized spacial score (nSPS) is 15.3. The van der Waals surface area contributed by atoms with Crippen LogP contribution < -0.4 is 15.0 Å². The summed E-state index contributed by atoms with van der Waals surface area (Å²) in [5.41, 5.74) is 0. The number of anilines is 1. The Labute approximate surface area is 162 Å². The maximum absolute atomic E-state index is 5.46. The molecule has 1 fully saturated rings. The van der Waals surface area contributed by atoms with Crippen LogP contribution in [0, 0.1) is 0 Å². The number of hydrogen-bond donors (Lipinski definition) is 1. The van der Waals surface area contributed by atoms with E-state index < -0.39 is 0 Å². The molecule has 1 aromatic heterocycles. The smallest absolute Gasteiger partial charge is 0.232 e. The molecule has 1 N–H and O–H groups in total. The number of methoxy groups -OCH3 is 2. The summed E-state index contributed by atoms with van der Waals surface area (Å²) in [6.45, 7) is 5.85. The van der Waals surface area contributed by atoms with E-state index in [1.54, 1.807) is 27.5 Å². The summed E-state index contributed by atoms with van der Waals surface area (Å²) in [7, 11) is 5.06. The standard InChI is InChI=1S/C16H27BrN6O3/c1-18-15(19-4-9-26-11-10-24-2)22-5-7-23(8-6-22)16-20-12-13(17)14(21-16)25-3/h12H,4-11H2,1-3H3,(H,18,19). The van der Waals surface area contributed by atoms with Crippen LogP contribution in [0.4, 0.5) is 5.95 Å². The molecule has 0 unspecified atom stereocenters. The minimum Gasteiger partial charge on any atom is -0.480 e. The predicted molar refractivity (Wildman–Crippen MR) is 104 cm³/mol. The molecule has 0 atom stereocenters. The maximum Gasteiger partial charge on any atom is 0.232 e. The van der Waals surface area contributed by atoms with Gasteiger partial charge in [-0.05, 0) is 15.9 Å². The number of guanidine groups is 1. The van der Waals surface area contributed by atoms with Gasteiger partial charge in [-0.25, -0.2) is 4.98 Å². The van der Waals surface area contributed by atoms with E-state index in [0.29, 0.717) is 38.2 Å². The van der Waals surface area contributed by atoms with Gasteiger partial charge < -0.3 is 29.3 Å². The molecule has 0 amide bonds. The predicted octanol–water partition coefficient (Wildman–Crippen LogP) is 0.608. The van der Waals surface area contributed by atoms with Crippen molar-refractivity contribution in [3.8, 4) is 5.88 Å². The summed E-state index contributed by atoms with van der Waals surface area (Å²) < 4.78 is 16.4. The molecule has 10 heteroatoms. The summed E-state index contributed by atoms with van der Waals surface area (Å²) in [6, 6.07) is 0. The highest BCUT2D eigenvalue weighted by molar-refractivity contribution is 9.10. The molecule has 0 saturated carbocycles. The lowest BCUT2D eigenvalue weighted by Crippen LogP contribution is -2.53. The first-order chi connectivity index (χ1) is 12.7. The minimum atomic E-state index is 0.545. The number of aliphatic imine (C=N–C) groups is 1. The molecule has 146 valence electrons. The molecular formula is C16H27BrN6O3. The van der Waals surface area contributed by atoms with Crippen molar-refractivity contribution in [2.45, 2.75) is 0 Å². The molecule has 0 aliphatic carbocycles. The Bertz CT molecular complexity index is 581. The molecule has 1 saturated heterocycles. The third-order valence-electron chi connectivity index (χ3n) is 3.93. The molecule has 1 aliphatic heterocycles. The Hall–Kier alpha value is -1.65. The minimum absolute atomic E-state index is 0.545. The van der Waals surface area contributed by atoms with Crippen molar-refractivity contribution in [2.75, 3.05) is 78.7 Å². The number of hydrogen-bond acceptors (Lipinski definition) is 7. The Morgan fingerprint density at radius 1 is 1.23 bits per heavy atom. The largest absolute Gasteiger partial charge is 0.480 e. The number of rotatable bonds is 8. The highest BCUT2D eigenvalue weighted by atomic mass is 79.9. The summed E-state index contributed by atoms with van der Waals surface area (Å²) in [5.74, 6) is 2.11. The van der Waals surface area contributed by atoms with Crippen molar-refractivity contribution >= 4 is 27.8 Å². The topological polar surface area (TPSA) is 84.3 Å². The van der Waals surface area contributed by atoms with Gasteiger partial charge in [0.25, 0.3) is 0 Å². The van der Waals surface area contributed by atoms with E-state index in [1.807, 2.05) is 0 Å². The summed E-state index contributed by atoms with van der Waals surface area (Å²) in [5, 5.41) is 3.33. The van der Waals surface area contributed by atoms with Crippen molar-refractivity contribution < 1.29 is 14.2 Å². The number of aromatic nitrogens is 2.